The lowest BCUT2D eigenvalue weighted by molar-refractivity contribution is -0.117. The molecule has 1 saturated heterocycles. The van der Waals surface area contributed by atoms with Gasteiger partial charge in [0.25, 0.3) is 0 Å². The van der Waals surface area contributed by atoms with Gasteiger partial charge >= 0.3 is 0 Å². The van der Waals surface area contributed by atoms with Crippen LogP contribution in [0.25, 0.3) is 0 Å². The fourth-order valence-corrected chi connectivity index (χ4v) is 5.32. The molecule has 0 bridgehead atoms. The molecule has 2 aromatic rings. The Morgan fingerprint density at radius 1 is 1.10 bits per heavy atom. The number of rotatable bonds is 7. The Kier molecular flexibility index (Phi) is 6.92. The highest BCUT2D eigenvalue weighted by Crippen LogP contribution is 2.28. The fourth-order valence-electron chi connectivity index (χ4n) is 3.63. The van der Waals surface area contributed by atoms with Crippen LogP contribution in [-0.4, -0.2) is 38.3 Å². The quantitative estimate of drug-likeness (QED) is 0.744. The van der Waals surface area contributed by atoms with Gasteiger partial charge in [0.05, 0.1) is 12.0 Å². The molecule has 0 radical (unpaired) electrons. The molecule has 1 fully saturated rings. The number of sulfonamides is 1. The summed E-state index contributed by atoms with van der Waals surface area (Å²) in [5.74, 6) is 0.434. The van der Waals surface area contributed by atoms with Gasteiger partial charge in [-0.1, -0.05) is 25.5 Å². The van der Waals surface area contributed by atoms with Gasteiger partial charge < -0.3 is 10.1 Å². The minimum absolute atomic E-state index is 0.144. The molecule has 1 atom stereocenters. The molecule has 1 heterocycles. The zero-order valence-corrected chi connectivity index (χ0v) is 17.7. The molecule has 3 rings (SSSR count). The second-order valence-electron chi connectivity index (χ2n) is 7.24. The van der Waals surface area contributed by atoms with Crippen LogP contribution in [0, 0.1) is 0 Å². The van der Waals surface area contributed by atoms with Crippen LogP contribution < -0.4 is 10.1 Å². The molecule has 1 N–H and O–H groups in total. The molecule has 1 amide bonds. The van der Waals surface area contributed by atoms with Gasteiger partial charge in [-0.15, -0.1) is 0 Å². The van der Waals surface area contributed by atoms with Crippen LogP contribution in [0.5, 0.6) is 5.75 Å². The molecule has 7 heteroatoms. The maximum absolute atomic E-state index is 13.2. The van der Waals surface area contributed by atoms with Crippen LogP contribution in [0.2, 0.25) is 0 Å². The summed E-state index contributed by atoms with van der Waals surface area (Å²) in [5.41, 5.74) is 1.93. The van der Waals surface area contributed by atoms with Crippen LogP contribution in [0.3, 0.4) is 0 Å². The number of benzene rings is 2. The second kappa shape index (κ2) is 9.41. The van der Waals surface area contributed by atoms with E-state index in [2.05, 4.69) is 12.2 Å². The van der Waals surface area contributed by atoms with Crippen molar-refractivity contribution in [2.24, 2.45) is 0 Å². The predicted octanol–water partition coefficient (Wildman–Crippen LogP) is 3.83. The normalized spacial score (nSPS) is 17.7. The summed E-state index contributed by atoms with van der Waals surface area (Å²) in [5, 5.41) is 2.89. The van der Waals surface area contributed by atoms with Crippen molar-refractivity contribution in [3.8, 4) is 5.75 Å². The number of aryl methyl sites for hydroxylation is 1. The number of methoxy groups -OCH3 is 1. The summed E-state index contributed by atoms with van der Waals surface area (Å²) in [6.07, 6.45) is 3.47. The van der Waals surface area contributed by atoms with Crippen molar-refractivity contribution in [3.63, 3.8) is 0 Å². The molecular formula is C22H28N2O4S. The molecule has 0 unspecified atom stereocenters. The molecule has 29 heavy (non-hydrogen) atoms. The molecule has 0 spiro atoms. The molecule has 2 aromatic carbocycles. The standard InChI is InChI=1S/C22H28N2O4S/c1-3-17-7-9-18(10-8-17)23-22(25)16-19-6-4-5-15-24(19)29(26,27)21-13-11-20(28-2)12-14-21/h7-14,19H,3-6,15-16H2,1-2H3,(H,23,25)/t19-/m0/s1. The van der Waals surface area contributed by atoms with Gasteiger partial charge in [0.1, 0.15) is 5.75 Å². The lowest BCUT2D eigenvalue weighted by Crippen LogP contribution is -2.45. The number of anilines is 1. The Hall–Kier alpha value is -2.38. The van der Waals surface area contributed by atoms with E-state index in [4.69, 9.17) is 4.74 Å². The predicted molar refractivity (Wildman–Crippen MR) is 114 cm³/mol. The number of amides is 1. The van der Waals surface area contributed by atoms with Crippen molar-refractivity contribution in [1.29, 1.82) is 0 Å². The molecule has 156 valence electrons. The van der Waals surface area contributed by atoms with Gasteiger partial charge in [-0.3, -0.25) is 4.79 Å². The Balaban J connectivity index is 1.71. The summed E-state index contributed by atoms with van der Waals surface area (Å²) >= 11 is 0. The first kappa shape index (κ1) is 21.3. The first-order valence-electron chi connectivity index (χ1n) is 9.98. The summed E-state index contributed by atoms with van der Waals surface area (Å²) < 4.78 is 32.9. The molecule has 0 saturated carbocycles. The number of hydrogen-bond donors (Lipinski definition) is 1. The lowest BCUT2D eigenvalue weighted by Gasteiger charge is -2.34. The fraction of sp³-hybridized carbons (Fsp3) is 0.409. The van der Waals surface area contributed by atoms with Crippen molar-refractivity contribution < 1.29 is 17.9 Å². The van der Waals surface area contributed by atoms with E-state index in [1.54, 1.807) is 31.4 Å². The highest BCUT2D eigenvalue weighted by atomic mass is 32.2. The zero-order chi connectivity index (χ0) is 20.9. The van der Waals surface area contributed by atoms with E-state index in [9.17, 15) is 13.2 Å². The molecule has 6 nitrogen and oxygen atoms in total. The van der Waals surface area contributed by atoms with Crippen LogP contribution in [0.1, 0.15) is 38.2 Å². The molecule has 0 aromatic heterocycles. The van der Waals surface area contributed by atoms with E-state index in [0.717, 1.165) is 24.9 Å². The van der Waals surface area contributed by atoms with E-state index >= 15 is 0 Å². The number of carbonyl (C=O) groups is 1. The van der Waals surface area contributed by atoms with E-state index in [1.807, 2.05) is 24.3 Å². The summed E-state index contributed by atoms with van der Waals surface area (Å²) in [7, 11) is -2.13. The number of ether oxygens (including phenoxy) is 1. The highest BCUT2D eigenvalue weighted by Gasteiger charge is 2.34. The van der Waals surface area contributed by atoms with Gasteiger partial charge in [0, 0.05) is 24.7 Å². The van der Waals surface area contributed by atoms with Crippen molar-refractivity contribution in [2.75, 3.05) is 19.0 Å². The van der Waals surface area contributed by atoms with E-state index < -0.39 is 10.0 Å². The lowest BCUT2D eigenvalue weighted by atomic mass is 10.0. The van der Waals surface area contributed by atoms with Crippen molar-refractivity contribution >= 4 is 21.6 Å². The van der Waals surface area contributed by atoms with Crippen molar-refractivity contribution in [1.82, 2.24) is 4.31 Å². The van der Waals surface area contributed by atoms with Crippen LogP contribution >= 0.6 is 0 Å². The maximum Gasteiger partial charge on any atom is 0.243 e. The zero-order valence-electron chi connectivity index (χ0n) is 16.9. The third-order valence-corrected chi connectivity index (χ3v) is 7.27. The van der Waals surface area contributed by atoms with E-state index in [-0.39, 0.29) is 23.3 Å². The van der Waals surface area contributed by atoms with Gasteiger partial charge in [-0.05, 0) is 61.2 Å². The maximum atomic E-state index is 13.2. The number of hydrogen-bond acceptors (Lipinski definition) is 4. The van der Waals surface area contributed by atoms with Crippen molar-refractivity contribution in [2.45, 2.75) is 50.0 Å². The average Bonchev–Trinajstić information content (AvgIpc) is 2.74. The summed E-state index contributed by atoms with van der Waals surface area (Å²) in [6, 6.07) is 13.8. The number of carbonyl (C=O) groups excluding carboxylic acids is 1. The van der Waals surface area contributed by atoms with E-state index in [1.165, 1.54) is 9.87 Å². The van der Waals surface area contributed by atoms with Gasteiger partial charge in [-0.25, -0.2) is 8.42 Å². The molecule has 0 aliphatic carbocycles. The Labute approximate surface area is 172 Å². The van der Waals surface area contributed by atoms with E-state index in [0.29, 0.717) is 18.7 Å². The Bertz CT molecular complexity index is 924. The topological polar surface area (TPSA) is 75.7 Å². The van der Waals surface area contributed by atoms with Gasteiger partial charge in [0.2, 0.25) is 15.9 Å². The molecule has 1 aliphatic heterocycles. The summed E-state index contributed by atoms with van der Waals surface area (Å²) in [4.78, 5) is 12.8. The third kappa shape index (κ3) is 5.16. The first-order chi connectivity index (χ1) is 13.9. The third-order valence-electron chi connectivity index (χ3n) is 5.31. The van der Waals surface area contributed by atoms with Crippen LogP contribution in [0.4, 0.5) is 5.69 Å². The SMILES string of the molecule is CCc1ccc(NC(=O)C[C@@H]2CCCCN2S(=O)(=O)c2ccc(OC)cc2)cc1. The van der Waals surface area contributed by atoms with Crippen molar-refractivity contribution in [3.05, 3.63) is 54.1 Å². The first-order valence-corrected chi connectivity index (χ1v) is 11.4. The second-order valence-corrected chi connectivity index (χ2v) is 9.13. The van der Waals surface area contributed by atoms with Crippen LogP contribution in [-0.2, 0) is 21.2 Å². The number of nitrogens with one attached hydrogen (secondary N) is 1. The minimum Gasteiger partial charge on any atom is -0.497 e. The average molecular weight is 417 g/mol. The van der Waals surface area contributed by atoms with Crippen LogP contribution in [0.15, 0.2) is 53.4 Å². The highest BCUT2D eigenvalue weighted by molar-refractivity contribution is 7.89. The summed E-state index contributed by atoms with van der Waals surface area (Å²) in [6.45, 7) is 2.51. The molecule has 1 aliphatic rings. The molecular weight excluding hydrogens is 388 g/mol. The van der Waals surface area contributed by atoms with Gasteiger partial charge in [0.15, 0.2) is 0 Å². The largest absolute Gasteiger partial charge is 0.497 e. The van der Waals surface area contributed by atoms with Gasteiger partial charge in [-0.2, -0.15) is 4.31 Å². The minimum atomic E-state index is -3.67. The monoisotopic (exact) mass is 416 g/mol. The smallest absolute Gasteiger partial charge is 0.243 e. The number of piperidine rings is 1. The Morgan fingerprint density at radius 3 is 2.41 bits per heavy atom. The Morgan fingerprint density at radius 2 is 1.79 bits per heavy atom. The number of nitrogens with zero attached hydrogens (tertiary/aromatic N) is 1.